The molecule has 4 rings (SSSR count). The highest BCUT2D eigenvalue weighted by Gasteiger charge is 2.56. The number of nitrogens with zero attached hydrogens (tertiary/aromatic N) is 1. The van der Waals surface area contributed by atoms with Gasteiger partial charge in [0, 0.05) is 27.8 Å². The van der Waals surface area contributed by atoms with Crippen LogP contribution in [-0.4, -0.2) is 36.2 Å². The van der Waals surface area contributed by atoms with Crippen LogP contribution >= 0.6 is 11.6 Å². The summed E-state index contributed by atoms with van der Waals surface area (Å²) in [6.07, 6.45) is 2.24. The summed E-state index contributed by atoms with van der Waals surface area (Å²) in [6.45, 7) is 1.44. The van der Waals surface area contributed by atoms with Gasteiger partial charge in [-0.25, -0.2) is 13.4 Å². The van der Waals surface area contributed by atoms with Crippen molar-refractivity contribution in [3.63, 3.8) is 0 Å². The Morgan fingerprint density at radius 1 is 1.29 bits per heavy atom. The van der Waals surface area contributed by atoms with Gasteiger partial charge >= 0.3 is 5.97 Å². The summed E-state index contributed by atoms with van der Waals surface area (Å²) < 4.78 is 30.1. The Morgan fingerprint density at radius 2 is 2.07 bits per heavy atom. The number of hydrogen-bond acceptors (Lipinski definition) is 5. The Morgan fingerprint density at radius 3 is 2.75 bits per heavy atom. The molecule has 3 aromatic rings. The minimum Gasteiger partial charge on any atom is -0.468 e. The lowest BCUT2D eigenvalue weighted by Gasteiger charge is -2.31. The van der Waals surface area contributed by atoms with E-state index in [1.54, 1.807) is 18.2 Å². The second kappa shape index (κ2) is 6.60. The van der Waals surface area contributed by atoms with E-state index in [0.717, 1.165) is 22.2 Å². The van der Waals surface area contributed by atoms with E-state index < -0.39 is 26.5 Å². The van der Waals surface area contributed by atoms with Crippen LogP contribution in [0.2, 0.25) is 5.02 Å². The lowest BCUT2D eigenvalue weighted by atomic mass is 9.90. The predicted molar refractivity (Wildman–Crippen MR) is 106 cm³/mol. The van der Waals surface area contributed by atoms with Crippen LogP contribution in [-0.2, 0) is 32.2 Å². The van der Waals surface area contributed by atoms with Gasteiger partial charge in [-0.05, 0) is 61.6 Å². The first kappa shape index (κ1) is 19.0. The van der Waals surface area contributed by atoms with Crippen LogP contribution in [0.3, 0.4) is 0 Å². The van der Waals surface area contributed by atoms with E-state index in [0.29, 0.717) is 17.9 Å². The van der Waals surface area contributed by atoms with Gasteiger partial charge in [0.15, 0.2) is 9.77 Å². The number of sulfone groups is 1. The van der Waals surface area contributed by atoms with Crippen molar-refractivity contribution in [3.8, 4) is 0 Å². The number of aromatic nitrogens is 2. The molecule has 0 saturated carbocycles. The van der Waals surface area contributed by atoms with Gasteiger partial charge < -0.3 is 9.72 Å². The van der Waals surface area contributed by atoms with Gasteiger partial charge in [0.1, 0.15) is 0 Å². The molecule has 0 bridgehead atoms. The fourth-order valence-corrected chi connectivity index (χ4v) is 6.03. The second-order valence-electron chi connectivity index (χ2n) is 7.15. The number of esters is 1. The SMILES string of the molecule is COC(=O)C(C)(C1Cc2[nH]c3ccc(Cl)cc3c2C1)S(=O)(=O)c1ccccn1. The molecule has 0 saturated heterocycles. The average Bonchev–Trinajstić information content (AvgIpc) is 3.25. The van der Waals surface area contributed by atoms with Crippen molar-refractivity contribution in [2.45, 2.75) is 29.5 Å². The summed E-state index contributed by atoms with van der Waals surface area (Å²) >= 11 is 6.14. The number of pyridine rings is 1. The van der Waals surface area contributed by atoms with Gasteiger partial charge in [-0.3, -0.25) is 4.79 Å². The van der Waals surface area contributed by atoms with E-state index >= 15 is 0 Å². The zero-order chi connectivity index (χ0) is 20.1. The van der Waals surface area contributed by atoms with Gasteiger partial charge in [0.05, 0.1) is 7.11 Å². The number of nitrogens with one attached hydrogen (secondary N) is 1. The molecule has 1 aliphatic rings. The molecule has 0 fully saturated rings. The normalized spacial score (nSPS) is 18.6. The molecule has 2 heterocycles. The second-order valence-corrected chi connectivity index (χ2v) is 9.86. The van der Waals surface area contributed by atoms with Crippen molar-refractivity contribution in [1.29, 1.82) is 0 Å². The third kappa shape index (κ3) is 2.64. The fraction of sp³-hybridized carbons (Fsp3) is 0.300. The summed E-state index contributed by atoms with van der Waals surface area (Å²) in [7, 11) is -2.87. The molecule has 8 heteroatoms. The zero-order valence-electron chi connectivity index (χ0n) is 15.4. The van der Waals surface area contributed by atoms with Crippen LogP contribution in [0.1, 0.15) is 18.2 Å². The third-order valence-corrected chi connectivity index (χ3v) is 8.34. The van der Waals surface area contributed by atoms with Gasteiger partial charge in [0.2, 0.25) is 9.84 Å². The summed E-state index contributed by atoms with van der Waals surface area (Å²) in [4.78, 5) is 20.1. The number of H-pyrrole nitrogens is 1. The molecule has 28 heavy (non-hydrogen) atoms. The Hall–Kier alpha value is -2.38. The van der Waals surface area contributed by atoms with Crippen molar-refractivity contribution in [2.24, 2.45) is 5.92 Å². The van der Waals surface area contributed by atoms with E-state index in [4.69, 9.17) is 16.3 Å². The van der Waals surface area contributed by atoms with Crippen molar-refractivity contribution in [2.75, 3.05) is 7.11 Å². The lowest BCUT2D eigenvalue weighted by molar-refractivity contribution is -0.144. The molecule has 2 unspecified atom stereocenters. The highest BCUT2D eigenvalue weighted by molar-refractivity contribution is 7.93. The number of halogens is 1. The van der Waals surface area contributed by atoms with Crippen LogP contribution in [0, 0.1) is 5.92 Å². The number of rotatable bonds is 4. The Bertz CT molecular complexity index is 1170. The number of hydrogen-bond donors (Lipinski definition) is 1. The standard InChI is InChI=1S/C20H19ClN2O4S/c1-20(19(24)27-2,28(25,26)18-5-3-4-8-22-18)12-9-14-15-11-13(21)6-7-16(15)23-17(14)10-12/h3-8,11-12,23H,9-10H2,1-2H3. The van der Waals surface area contributed by atoms with Gasteiger partial charge in [-0.15, -0.1) is 0 Å². The number of aromatic amines is 1. The quantitative estimate of drug-likeness (QED) is 0.656. The van der Waals surface area contributed by atoms with Crippen LogP contribution in [0.15, 0.2) is 47.6 Å². The number of benzene rings is 1. The first-order valence-electron chi connectivity index (χ1n) is 8.82. The Balaban J connectivity index is 1.81. The average molecular weight is 419 g/mol. The molecular weight excluding hydrogens is 400 g/mol. The lowest BCUT2D eigenvalue weighted by Crippen LogP contribution is -2.51. The zero-order valence-corrected chi connectivity index (χ0v) is 17.0. The van der Waals surface area contributed by atoms with Crippen LogP contribution < -0.4 is 0 Å². The van der Waals surface area contributed by atoms with Crippen molar-refractivity contribution < 1.29 is 17.9 Å². The van der Waals surface area contributed by atoms with E-state index in [9.17, 15) is 13.2 Å². The molecule has 2 atom stereocenters. The summed E-state index contributed by atoms with van der Waals surface area (Å²) in [5.41, 5.74) is 2.86. The van der Waals surface area contributed by atoms with Crippen molar-refractivity contribution in [1.82, 2.24) is 9.97 Å². The molecule has 6 nitrogen and oxygen atoms in total. The highest BCUT2D eigenvalue weighted by atomic mass is 35.5. The van der Waals surface area contributed by atoms with Gasteiger partial charge in [0.25, 0.3) is 0 Å². The van der Waals surface area contributed by atoms with E-state index in [1.165, 1.54) is 26.3 Å². The third-order valence-electron chi connectivity index (χ3n) is 5.70. The smallest absolute Gasteiger partial charge is 0.327 e. The molecule has 0 aliphatic heterocycles. The first-order chi connectivity index (χ1) is 13.3. The summed E-state index contributed by atoms with van der Waals surface area (Å²) in [5, 5.41) is 1.42. The van der Waals surface area contributed by atoms with Crippen molar-refractivity contribution >= 4 is 38.3 Å². The van der Waals surface area contributed by atoms with E-state index in [2.05, 4.69) is 9.97 Å². The maximum Gasteiger partial charge on any atom is 0.327 e. The Kier molecular flexibility index (Phi) is 4.47. The van der Waals surface area contributed by atoms with E-state index in [-0.39, 0.29) is 5.03 Å². The maximum atomic E-state index is 13.4. The molecular formula is C20H19ClN2O4S. The Labute approximate surface area is 167 Å². The van der Waals surface area contributed by atoms with Gasteiger partial charge in [-0.2, -0.15) is 0 Å². The monoisotopic (exact) mass is 418 g/mol. The summed E-state index contributed by atoms with van der Waals surface area (Å²) in [6, 6.07) is 10.2. The van der Waals surface area contributed by atoms with Crippen LogP contribution in [0.25, 0.3) is 10.9 Å². The predicted octanol–water partition coefficient (Wildman–Crippen LogP) is 3.34. The van der Waals surface area contributed by atoms with Gasteiger partial charge in [-0.1, -0.05) is 17.7 Å². The fourth-order valence-electron chi connectivity index (χ4n) is 4.06. The molecule has 146 valence electrons. The summed E-state index contributed by atoms with van der Waals surface area (Å²) in [5.74, 6) is -1.27. The first-order valence-corrected chi connectivity index (χ1v) is 10.7. The maximum absolute atomic E-state index is 13.4. The van der Waals surface area contributed by atoms with Crippen LogP contribution in [0.5, 0.6) is 0 Å². The molecule has 1 N–H and O–H groups in total. The minimum absolute atomic E-state index is 0.133. The molecule has 1 aromatic carbocycles. The minimum atomic E-state index is -4.08. The molecule has 0 amide bonds. The molecule has 0 radical (unpaired) electrons. The number of methoxy groups -OCH3 is 1. The molecule has 0 spiro atoms. The largest absolute Gasteiger partial charge is 0.468 e. The number of fused-ring (bicyclic) bond motifs is 3. The number of ether oxygens (including phenoxy) is 1. The van der Waals surface area contributed by atoms with Crippen molar-refractivity contribution in [3.05, 3.63) is 58.9 Å². The number of carbonyl (C=O) groups is 1. The molecule has 2 aromatic heterocycles. The molecule has 1 aliphatic carbocycles. The van der Waals surface area contributed by atoms with E-state index in [1.807, 2.05) is 12.1 Å². The topological polar surface area (TPSA) is 89.1 Å². The van der Waals surface area contributed by atoms with Crippen LogP contribution in [0.4, 0.5) is 0 Å². The highest BCUT2D eigenvalue weighted by Crippen LogP contribution is 2.43. The number of carbonyl (C=O) groups excluding carboxylic acids is 1.